The van der Waals surface area contributed by atoms with Crippen LogP contribution in [0.4, 0.5) is 0 Å². The highest BCUT2D eigenvalue weighted by Gasteiger charge is 2.04. The van der Waals surface area contributed by atoms with E-state index in [1.54, 1.807) is 12.5 Å². The predicted molar refractivity (Wildman–Crippen MR) is 78.1 cm³/mol. The van der Waals surface area contributed by atoms with Crippen LogP contribution in [0, 0.1) is 4.77 Å². The van der Waals surface area contributed by atoms with Gasteiger partial charge in [-0.25, -0.2) is 0 Å². The van der Waals surface area contributed by atoms with Crippen LogP contribution < -0.4 is 0 Å². The van der Waals surface area contributed by atoms with E-state index in [9.17, 15) is 0 Å². The van der Waals surface area contributed by atoms with E-state index in [0.29, 0.717) is 4.77 Å². The van der Waals surface area contributed by atoms with Crippen LogP contribution in [-0.2, 0) is 6.42 Å². The molecule has 19 heavy (non-hydrogen) atoms. The normalized spacial score (nSPS) is 11.6. The molecule has 0 unspecified atom stereocenters. The second kappa shape index (κ2) is 4.81. The number of aryl methyl sites for hydroxylation is 1. The molecule has 2 aromatic heterocycles. The Bertz CT molecular complexity index is 793. The molecule has 2 N–H and O–H groups in total. The number of nitrogens with zero attached hydrogens (tertiary/aromatic N) is 3. The van der Waals surface area contributed by atoms with E-state index in [4.69, 9.17) is 12.2 Å². The third-order valence-corrected chi connectivity index (χ3v) is 3.35. The van der Waals surface area contributed by atoms with Crippen molar-refractivity contribution in [3.05, 3.63) is 46.6 Å². The number of nitrogens with one attached hydrogen (secondary N) is 2. The van der Waals surface area contributed by atoms with Gasteiger partial charge in [0.05, 0.1) is 6.21 Å². The molecule has 0 aliphatic rings. The first-order valence-electron chi connectivity index (χ1n) is 6.05. The van der Waals surface area contributed by atoms with Gasteiger partial charge in [-0.1, -0.05) is 25.1 Å². The molecular formula is C13H13N5S. The van der Waals surface area contributed by atoms with Gasteiger partial charge in [-0.3, -0.25) is 5.10 Å². The maximum absolute atomic E-state index is 5.04. The second-order valence-electron chi connectivity index (χ2n) is 4.19. The van der Waals surface area contributed by atoms with Gasteiger partial charge in [0.1, 0.15) is 6.33 Å². The fourth-order valence-corrected chi connectivity index (χ4v) is 2.24. The van der Waals surface area contributed by atoms with Crippen molar-refractivity contribution < 1.29 is 0 Å². The minimum absolute atomic E-state index is 0.477. The Kier molecular flexibility index (Phi) is 3.00. The van der Waals surface area contributed by atoms with Crippen LogP contribution in [0.1, 0.15) is 18.1 Å². The molecule has 2 heterocycles. The number of rotatable bonds is 3. The molecule has 0 saturated carbocycles. The number of hydrogen-bond donors (Lipinski definition) is 2. The van der Waals surface area contributed by atoms with Crippen molar-refractivity contribution in [2.24, 2.45) is 5.10 Å². The molecular weight excluding hydrogens is 258 g/mol. The summed E-state index contributed by atoms with van der Waals surface area (Å²) in [5, 5.41) is 11.9. The number of aromatic amines is 2. The quantitative estimate of drug-likeness (QED) is 0.568. The summed E-state index contributed by atoms with van der Waals surface area (Å²) in [6.07, 6.45) is 6.28. The monoisotopic (exact) mass is 271 g/mol. The van der Waals surface area contributed by atoms with Crippen molar-refractivity contribution in [2.45, 2.75) is 13.3 Å². The average molecular weight is 271 g/mol. The lowest BCUT2D eigenvalue weighted by atomic mass is 10.1. The van der Waals surface area contributed by atoms with E-state index in [0.717, 1.165) is 17.4 Å². The fourth-order valence-electron chi connectivity index (χ4n) is 2.09. The first-order chi connectivity index (χ1) is 9.29. The molecule has 0 atom stereocenters. The van der Waals surface area contributed by atoms with Crippen LogP contribution in [0.2, 0.25) is 0 Å². The molecule has 0 saturated heterocycles. The number of benzene rings is 1. The summed E-state index contributed by atoms with van der Waals surface area (Å²) in [5.41, 5.74) is 3.51. The summed E-state index contributed by atoms with van der Waals surface area (Å²) >= 11 is 5.04. The van der Waals surface area contributed by atoms with Gasteiger partial charge in [0, 0.05) is 22.7 Å². The van der Waals surface area contributed by atoms with Gasteiger partial charge in [0.25, 0.3) is 0 Å². The third-order valence-electron chi connectivity index (χ3n) is 3.07. The van der Waals surface area contributed by atoms with Crippen LogP contribution in [0.3, 0.4) is 0 Å². The van der Waals surface area contributed by atoms with Gasteiger partial charge >= 0.3 is 0 Å². The summed E-state index contributed by atoms with van der Waals surface area (Å²) in [6, 6.07) is 6.28. The zero-order valence-electron chi connectivity index (χ0n) is 10.4. The van der Waals surface area contributed by atoms with E-state index in [2.05, 4.69) is 45.4 Å². The fraction of sp³-hybridized carbons (Fsp3) is 0.154. The summed E-state index contributed by atoms with van der Waals surface area (Å²) < 4.78 is 2.00. The maximum Gasteiger partial charge on any atom is 0.216 e. The lowest BCUT2D eigenvalue weighted by molar-refractivity contribution is 0.863. The largest absolute Gasteiger partial charge is 0.360 e. The zero-order chi connectivity index (χ0) is 13.2. The number of aromatic nitrogens is 4. The highest BCUT2D eigenvalue weighted by Crippen LogP contribution is 2.20. The third kappa shape index (κ3) is 2.10. The predicted octanol–water partition coefficient (Wildman–Crippen LogP) is 2.87. The van der Waals surface area contributed by atoms with Gasteiger partial charge < -0.3 is 4.98 Å². The summed E-state index contributed by atoms with van der Waals surface area (Å²) in [4.78, 5) is 3.30. The molecule has 0 radical (unpaired) electrons. The van der Waals surface area contributed by atoms with Crippen LogP contribution in [-0.4, -0.2) is 26.1 Å². The Balaban J connectivity index is 2.05. The maximum atomic E-state index is 5.04. The van der Waals surface area contributed by atoms with Crippen molar-refractivity contribution >= 4 is 29.3 Å². The highest BCUT2D eigenvalue weighted by molar-refractivity contribution is 7.71. The van der Waals surface area contributed by atoms with Gasteiger partial charge in [0.15, 0.2) is 0 Å². The Morgan fingerprint density at radius 3 is 3.11 bits per heavy atom. The SMILES string of the molecule is CCc1cccc2c(C=Nn3cn[nH]c3=S)c[nH]c12. The minimum atomic E-state index is 0.477. The summed E-state index contributed by atoms with van der Waals surface area (Å²) in [7, 11) is 0. The molecule has 6 heteroatoms. The summed E-state index contributed by atoms with van der Waals surface area (Å²) in [6.45, 7) is 2.15. The van der Waals surface area contributed by atoms with Crippen molar-refractivity contribution in [1.29, 1.82) is 0 Å². The van der Waals surface area contributed by atoms with Crippen LogP contribution in [0.15, 0.2) is 35.8 Å². The van der Waals surface area contributed by atoms with E-state index < -0.39 is 0 Å². The van der Waals surface area contributed by atoms with Gasteiger partial charge in [0.2, 0.25) is 4.77 Å². The average Bonchev–Trinajstić information content (AvgIpc) is 3.02. The molecule has 0 fully saturated rings. The second-order valence-corrected chi connectivity index (χ2v) is 4.57. The van der Waals surface area contributed by atoms with Gasteiger partial charge in [-0.05, 0) is 24.2 Å². The van der Waals surface area contributed by atoms with Crippen molar-refractivity contribution in [3.63, 3.8) is 0 Å². The van der Waals surface area contributed by atoms with E-state index in [1.165, 1.54) is 15.8 Å². The standard InChI is InChI=1S/C13H13N5S/c1-2-9-4-3-5-11-10(6-14-12(9)11)7-16-18-8-15-17-13(18)19/h3-8,14H,2H2,1H3,(H,17,19). The van der Waals surface area contributed by atoms with Crippen molar-refractivity contribution in [1.82, 2.24) is 19.9 Å². The minimum Gasteiger partial charge on any atom is -0.360 e. The molecule has 0 aliphatic carbocycles. The first kappa shape index (κ1) is 11.9. The smallest absolute Gasteiger partial charge is 0.216 e. The molecule has 96 valence electrons. The Hall–Kier alpha value is -2.21. The number of hydrogen-bond acceptors (Lipinski definition) is 3. The molecule has 0 amide bonds. The molecule has 3 rings (SSSR count). The molecule has 0 spiro atoms. The highest BCUT2D eigenvalue weighted by atomic mass is 32.1. The van der Waals surface area contributed by atoms with Crippen LogP contribution >= 0.6 is 12.2 Å². The Labute approximate surface area is 115 Å². The molecule has 0 bridgehead atoms. The number of H-pyrrole nitrogens is 2. The zero-order valence-corrected chi connectivity index (χ0v) is 11.2. The van der Waals surface area contributed by atoms with E-state index in [-0.39, 0.29) is 0 Å². The summed E-state index contributed by atoms with van der Waals surface area (Å²) in [5.74, 6) is 0. The van der Waals surface area contributed by atoms with Gasteiger partial charge in [-0.2, -0.15) is 14.9 Å². The van der Waals surface area contributed by atoms with E-state index >= 15 is 0 Å². The number of para-hydroxylation sites is 1. The molecule has 0 aliphatic heterocycles. The van der Waals surface area contributed by atoms with E-state index in [1.807, 2.05) is 6.20 Å². The number of fused-ring (bicyclic) bond motifs is 1. The first-order valence-corrected chi connectivity index (χ1v) is 6.45. The van der Waals surface area contributed by atoms with Gasteiger partial charge in [-0.15, -0.1) is 0 Å². The topological polar surface area (TPSA) is 61.8 Å². The van der Waals surface area contributed by atoms with Crippen molar-refractivity contribution in [2.75, 3.05) is 0 Å². The Morgan fingerprint density at radius 1 is 1.47 bits per heavy atom. The molecule has 1 aromatic carbocycles. The molecule has 5 nitrogen and oxygen atoms in total. The van der Waals surface area contributed by atoms with Crippen LogP contribution in [0.5, 0.6) is 0 Å². The lowest BCUT2D eigenvalue weighted by Gasteiger charge is -1.98. The Morgan fingerprint density at radius 2 is 2.37 bits per heavy atom. The molecule has 3 aromatic rings. The lowest BCUT2D eigenvalue weighted by Crippen LogP contribution is -1.88. The van der Waals surface area contributed by atoms with Crippen molar-refractivity contribution in [3.8, 4) is 0 Å². The van der Waals surface area contributed by atoms with Crippen LogP contribution in [0.25, 0.3) is 10.9 Å².